The summed E-state index contributed by atoms with van der Waals surface area (Å²) < 4.78 is 18.1. The van der Waals surface area contributed by atoms with Crippen molar-refractivity contribution in [2.45, 2.75) is 13.0 Å². The normalized spacial score (nSPS) is 12.1. The molecule has 3 rings (SSSR count). The van der Waals surface area contributed by atoms with Crippen LogP contribution in [0.4, 0.5) is 10.1 Å². The molecule has 2 heterocycles. The number of halogens is 1. The number of anilines is 1. The van der Waals surface area contributed by atoms with E-state index in [2.05, 4.69) is 20.5 Å². The van der Waals surface area contributed by atoms with Gasteiger partial charge in [-0.15, -0.1) is 10.2 Å². The van der Waals surface area contributed by atoms with Crippen molar-refractivity contribution in [3.05, 3.63) is 60.5 Å². The van der Waals surface area contributed by atoms with E-state index in [1.165, 1.54) is 18.7 Å². The number of benzene rings is 1. The van der Waals surface area contributed by atoms with Crippen molar-refractivity contribution in [1.29, 1.82) is 0 Å². The molecule has 1 unspecified atom stereocenters. The molecule has 0 spiro atoms. The van der Waals surface area contributed by atoms with Crippen LogP contribution in [0.2, 0.25) is 0 Å². The summed E-state index contributed by atoms with van der Waals surface area (Å²) in [6.07, 6.45) is 2.50. The molecule has 0 amide bonds. The topological polar surface area (TPSA) is 63.8 Å². The molecule has 0 radical (unpaired) electrons. The van der Waals surface area contributed by atoms with Crippen LogP contribution in [-0.4, -0.2) is 15.2 Å². The predicted molar refractivity (Wildman–Crippen MR) is 76.0 cm³/mol. The first-order valence-electron chi connectivity index (χ1n) is 6.47. The molecule has 0 aliphatic rings. The second-order valence-electron chi connectivity index (χ2n) is 4.59. The molecular weight excluding hydrogens is 271 g/mol. The second-order valence-corrected chi connectivity index (χ2v) is 4.59. The van der Waals surface area contributed by atoms with E-state index in [1.54, 1.807) is 6.07 Å². The zero-order valence-corrected chi connectivity index (χ0v) is 11.3. The molecule has 5 nitrogen and oxygen atoms in total. The molecule has 0 aliphatic heterocycles. The number of nitrogens with zero attached hydrogens (tertiary/aromatic N) is 3. The molecule has 0 saturated heterocycles. The van der Waals surface area contributed by atoms with Gasteiger partial charge in [0.1, 0.15) is 5.82 Å². The maximum absolute atomic E-state index is 12.9. The van der Waals surface area contributed by atoms with Crippen molar-refractivity contribution in [1.82, 2.24) is 15.2 Å². The fraction of sp³-hybridized carbons (Fsp3) is 0.133. The third-order valence-electron chi connectivity index (χ3n) is 3.05. The van der Waals surface area contributed by atoms with Gasteiger partial charge in [0, 0.05) is 11.3 Å². The van der Waals surface area contributed by atoms with E-state index in [0.717, 1.165) is 16.9 Å². The lowest BCUT2D eigenvalue weighted by molar-refractivity contribution is 0.568. The molecule has 106 valence electrons. The van der Waals surface area contributed by atoms with E-state index in [4.69, 9.17) is 4.42 Å². The van der Waals surface area contributed by atoms with Gasteiger partial charge in [0.15, 0.2) is 0 Å². The highest BCUT2D eigenvalue weighted by Gasteiger charge is 2.09. The monoisotopic (exact) mass is 284 g/mol. The fourth-order valence-corrected chi connectivity index (χ4v) is 2.01. The number of aromatic nitrogens is 3. The smallest absolute Gasteiger partial charge is 0.247 e. The molecule has 1 atom stereocenters. The van der Waals surface area contributed by atoms with Crippen LogP contribution < -0.4 is 5.32 Å². The molecule has 1 aromatic carbocycles. The van der Waals surface area contributed by atoms with Crippen LogP contribution in [0, 0.1) is 5.82 Å². The van der Waals surface area contributed by atoms with Gasteiger partial charge in [-0.1, -0.05) is 6.07 Å². The van der Waals surface area contributed by atoms with Gasteiger partial charge in [-0.25, -0.2) is 4.39 Å². The van der Waals surface area contributed by atoms with E-state index < -0.39 is 0 Å². The summed E-state index contributed by atoms with van der Waals surface area (Å²) in [7, 11) is 0. The fourth-order valence-electron chi connectivity index (χ4n) is 2.01. The standard InChI is InChI=1S/C15H13FN4O/c1-10(14-6-5-12(16)8-17-14)19-13-4-2-3-11(7-13)15-20-18-9-21-15/h2-10,19H,1H3. The average Bonchev–Trinajstić information content (AvgIpc) is 3.02. The van der Waals surface area contributed by atoms with Crippen LogP contribution in [0.25, 0.3) is 11.5 Å². The molecule has 3 aromatic rings. The van der Waals surface area contributed by atoms with E-state index in [-0.39, 0.29) is 11.9 Å². The molecule has 1 N–H and O–H groups in total. The number of rotatable bonds is 4. The van der Waals surface area contributed by atoms with Crippen molar-refractivity contribution >= 4 is 5.69 Å². The minimum Gasteiger partial charge on any atom is -0.423 e. The van der Waals surface area contributed by atoms with E-state index in [9.17, 15) is 4.39 Å². The number of nitrogens with one attached hydrogen (secondary N) is 1. The van der Waals surface area contributed by atoms with Crippen LogP contribution in [0.5, 0.6) is 0 Å². The summed E-state index contributed by atoms with van der Waals surface area (Å²) in [4.78, 5) is 4.07. The highest BCUT2D eigenvalue weighted by molar-refractivity contribution is 5.61. The SMILES string of the molecule is CC(Nc1cccc(-c2nnco2)c1)c1ccc(F)cn1. The van der Waals surface area contributed by atoms with E-state index >= 15 is 0 Å². The first-order valence-corrected chi connectivity index (χ1v) is 6.47. The Bertz CT molecular complexity index is 713. The van der Waals surface area contributed by atoms with Crippen molar-refractivity contribution < 1.29 is 8.81 Å². The van der Waals surface area contributed by atoms with Crippen LogP contribution in [0.1, 0.15) is 18.7 Å². The van der Waals surface area contributed by atoms with Gasteiger partial charge in [-0.2, -0.15) is 0 Å². The molecule has 0 bridgehead atoms. The van der Waals surface area contributed by atoms with Gasteiger partial charge in [-0.05, 0) is 37.3 Å². The number of pyridine rings is 1. The highest BCUT2D eigenvalue weighted by atomic mass is 19.1. The van der Waals surface area contributed by atoms with Gasteiger partial charge in [-0.3, -0.25) is 4.98 Å². The lowest BCUT2D eigenvalue weighted by atomic mass is 10.1. The lowest BCUT2D eigenvalue weighted by Gasteiger charge is -2.15. The Morgan fingerprint density at radius 2 is 2.14 bits per heavy atom. The average molecular weight is 284 g/mol. The first-order chi connectivity index (χ1) is 10.2. The summed E-state index contributed by atoms with van der Waals surface area (Å²) in [6, 6.07) is 10.6. The molecule has 2 aromatic heterocycles. The molecule has 0 aliphatic carbocycles. The van der Waals surface area contributed by atoms with Gasteiger partial charge >= 0.3 is 0 Å². The third-order valence-corrected chi connectivity index (χ3v) is 3.05. The Kier molecular flexibility index (Phi) is 3.59. The van der Waals surface area contributed by atoms with Crippen molar-refractivity contribution in [3.8, 4) is 11.5 Å². The Balaban J connectivity index is 1.78. The summed E-state index contributed by atoms with van der Waals surface area (Å²) in [5, 5.41) is 10.8. The molecule has 21 heavy (non-hydrogen) atoms. The summed E-state index contributed by atoms with van der Waals surface area (Å²) in [5.41, 5.74) is 2.49. The zero-order valence-electron chi connectivity index (χ0n) is 11.3. The molecule has 0 saturated carbocycles. The van der Waals surface area contributed by atoms with Gasteiger partial charge in [0.2, 0.25) is 12.3 Å². The van der Waals surface area contributed by atoms with Crippen LogP contribution in [0.15, 0.2) is 53.4 Å². The summed E-state index contributed by atoms with van der Waals surface area (Å²) >= 11 is 0. The maximum atomic E-state index is 12.9. The zero-order chi connectivity index (χ0) is 14.7. The minimum atomic E-state index is -0.343. The second kappa shape index (κ2) is 5.70. The summed E-state index contributed by atoms with van der Waals surface area (Å²) in [5.74, 6) is 0.121. The van der Waals surface area contributed by atoms with Gasteiger partial charge in [0.05, 0.1) is 17.9 Å². The van der Waals surface area contributed by atoms with Crippen molar-refractivity contribution in [2.75, 3.05) is 5.32 Å². The maximum Gasteiger partial charge on any atom is 0.247 e. The van der Waals surface area contributed by atoms with E-state index in [1.807, 2.05) is 31.2 Å². The predicted octanol–water partition coefficient (Wildman–Crippen LogP) is 3.44. The summed E-state index contributed by atoms with van der Waals surface area (Å²) in [6.45, 7) is 1.96. The van der Waals surface area contributed by atoms with Crippen molar-refractivity contribution in [3.63, 3.8) is 0 Å². The quantitative estimate of drug-likeness (QED) is 0.795. The molecule has 6 heteroatoms. The largest absolute Gasteiger partial charge is 0.423 e. The van der Waals surface area contributed by atoms with Gasteiger partial charge < -0.3 is 9.73 Å². The molecular formula is C15H13FN4O. The van der Waals surface area contributed by atoms with E-state index in [0.29, 0.717) is 5.89 Å². The number of hydrogen-bond donors (Lipinski definition) is 1. The van der Waals surface area contributed by atoms with Crippen LogP contribution >= 0.6 is 0 Å². The van der Waals surface area contributed by atoms with Gasteiger partial charge in [0.25, 0.3) is 0 Å². The molecule has 0 fully saturated rings. The van der Waals surface area contributed by atoms with Crippen LogP contribution in [0.3, 0.4) is 0 Å². The lowest BCUT2D eigenvalue weighted by Crippen LogP contribution is -2.08. The Morgan fingerprint density at radius 3 is 2.86 bits per heavy atom. The Labute approximate surface area is 120 Å². The Hall–Kier alpha value is -2.76. The third kappa shape index (κ3) is 3.05. The Morgan fingerprint density at radius 1 is 1.24 bits per heavy atom. The highest BCUT2D eigenvalue weighted by Crippen LogP contribution is 2.23. The number of hydrogen-bond acceptors (Lipinski definition) is 5. The minimum absolute atomic E-state index is 0.0523. The first kappa shape index (κ1) is 13.2. The van der Waals surface area contributed by atoms with Crippen molar-refractivity contribution in [2.24, 2.45) is 0 Å². The van der Waals surface area contributed by atoms with Crippen LogP contribution in [-0.2, 0) is 0 Å².